The summed E-state index contributed by atoms with van der Waals surface area (Å²) < 4.78 is 13.0. The lowest BCUT2D eigenvalue weighted by Gasteiger charge is -2.28. The molecule has 2 unspecified atom stereocenters. The van der Waals surface area contributed by atoms with Crippen LogP contribution in [0.5, 0.6) is 0 Å². The first-order chi connectivity index (χ1) is 8.58. The van der Waals surface area contributed by atoms with Crippen LogP contribution in [0.4, 0.5) is 4.39 Å². The number of halogens is 2. The second-order valence-electron chi connectivity index (χ2n) is 4.93. The van der Waals surface area contributed by atoms with Gasteiger partial charge in [-0.3, -0.25) is 4.79 Å². The summed E-state index contributed by atoms with van der Waals surface area (Å²) >= 11 is 5.99. The number of rotatable bonds is 3. The van der Waals surface area contributed by atoms with Gasteiger partial charge in [-0.15, -0.1) is 0 Å². The van der Waals surface area contributed by atoms with Gasteiger partial charge in [0.05, 0.1) is 5.92 Å². The van der Waals surface area contributed by atoms with Crippen molar-refractivity contribution in [1.82, 2.24) is 0 Å². The summed E-state index contributed by atoms with van der Waals surface area (Å²) in [5.41, 5.74) is 0.844. The van der Waals surface area contributed by atoms with Crippen molar-refractivity contribution < 1.29 is 14.3 Å². The quantitative estimate of drug-likeness (QED) is 0.904. The van der Waals surface area contributed by atoms with Crippen LogP contribution in [0.3, 0.4) is 0 Å². The van der Waals surface area contributed by atoms with E-state index < -0.39 is 5.97 Å². The smallest absolute Gasteiger partial charge is 0.306 e. The highest BCUT2D eigenvalue weighted by Gasteiger charge is 2.31. The standard InChI is InChI=1S/C14H16ClFO2/c15-13-8-11(16)6-5-10(13)7-9-3-1-2-4-12(9)14(17)18/h5-6,8-9,12H,1-4,7H2,(H,17,18). The predicted molar refractivity (Wildman–Crippen MR) is 68.2 cm³/mol. The summed E-state index contributed by atoms with van der Waals surface area (Å²) in [7, 11) is 0. The van der Waals surface area contributed by atoms with Crippen LogP contribution in [0.15, 0.2) is 18.2 Å². The van der Waals surface area contributed by atoms with E-state index in [1.165, 1.54) is 12.1 Å². The summed E-state index contributed by atoms with van der Waals surface area (Å²) in [5, 5.41) is 9.60. The predicted octanol–water partition coefficient (Wildman–Crippen LogP) is 3.91. The van der Waals surface area contributed by atoms with Gasteiger partial charge in [-0.1, -0.05) is 30.5 Å². The zero-order chi connectivity index (χ0) is 13.1. The van der Waals surface area contributed by atoms with Crippen LogP contribution < -0.4 is 0 Å². The maximum Gasteiger partial charge on any atom is 0.306 e. The Kier molecular flexibility index (Phi) is 4.23. The van der Waals surface area contributed by atoms with Crippen LogP contribution in [0, 0.1) is 17.7 Å². The van der Waals surface area contributed by atoms with Gasteiger partial charge in [0.15, 0.2) is 0 Å². The first-order valence-electron chi connectivity index (χ1n) is 6.24. The van der Waals surface area contributed by atoms with E-state index in [0.717, 1.165) is 31.2 Å². The Bertz CT molecular complexity index is 447. The highest BCUT2D eigenvalue weighted by atomic mass is 35.5. The molecule has 0 amide bonds. The number of hydrogen-bond acceptors (Lipinski definition) is 1. The Hall–Kier alpha value is -1.09. The van der Waals surface area contributed by atoms with Crippen LogP contribution in [-0.2, 0) is 11.2 Å². The van der Waals surface area contributed by atoms with Gasteiger partial charge in [-0.2, -0.15) is 0 Å². The maximum absolute atomic E-state index is 13.0. The van der Waals surface area contributed by atoms with Crippen molar-refractivity contribution in [3.8, 4) is 0 Å². The summed E-state index contributed by atoms with van der Waals surface area (Å²) in [5.74, 6) is -1.26. The van der Waals surface area contributed by atoms with Gasteiger partial charge >= 0.3 is 5.97 Å². The second kappa shape index (κ2) is 5.70. The van der Waals surface area contributed by atoms with Crippen molar-refractivity contribution in [1.29, 1.82) is 0 Å². The molecule has 1 saturated carbocycles. The SMILES string of the molecule is O=C(O)C1CCCCC1Cc1ccc(F)cc1Cl. The molecule has 18 heavy (non-hydrogen) atoms. The number of aliphatic carboxylic acids is 1. The fraction of sp³-hybridized carbons (Fsp3) is 0.500. The zero-order valence-corrected chi connectivity index (χ0v) is 10.8. The molecule has 0 saturated heterocycles. The van der Waals surface area contributed by atoms with E-state index in [2.05, 4.69) is 0 Å². The number of benzene rings is 1. The molecular weight excluding hydrogens is 255 g/mol. The second-order valence-corrected chi connectivity index (χ2v) is 5.34. The Morgan fingerprint density at radius 2 is 2.11 bits per heavy atom. The molecule has 2 atom stereocenters. The van der Waals surface area contributed by atoms with Crippen LogP contribution in [-0.4, -0.2) is 11.1 Å². The van der Waals surface area contributed by atoms with Crippen molar-refractivity contribution in [3.63, 3.8) is 0 Å². The molecule has 1 aromatic carbocycles. The minimum Gasteiger partial charge on any atom is -0.481 e. The van der Waals surface area contributed by atoms with Crippen molar-refractivity contribution in [2.45, 2.75) is 32.1 Å². The molecule has 0 heterocycles. The summed E-state index contributed by atoms with van der Waals surface area (Å²) in [6, 6.07) is 4.32. The van der Waals surface area contributed by atoms with Crippen molar-refractivity contribution in [2.24, 2.45) is 11.8 Å². The molecule has 1 aromatic rings. The lowest BCUT2D eigenvalue weighted by atomic mass is 9.76. The molecule has 1 fully saturated rings. The monoisotopic (exact) mass is 270 g/mol. The summed E-state index contributed by atoms with van der Waals surface area (Å²) in [6.45, 7) is 0. The van der Waals surface area contributed by atoms with Crippen molar-refractivity contribution in [2.75, 3.05) is 0 Å². The van der Waals surface area contributed by atoms with Crippen LogP contribution in [0.25, 0.3) is 0 Å². The van der Waals surface area contributed by atoms with Crippen LogP contribution in [0.1, 0.15) is 31.2 Å². The third-order valence-corrected chi connectivity index (χ3v) is 4.08. The molecule has 98 valence electrons. The molecule has 2 rings (SSSR count). The number of carbonyl (C=O) groups is 1. The van der Waals surface area contributed by atoms with E-state index in [1.54, 1.807) is 6.07 Å². The van der Waals surface area contributed by atoms with E-state index in [9.17, 15) is 14.3 Å². The fourth-order valence-corrected chi connectivity index (χ4v) is 2.99. The van der Waals surface area contributed by atoms with Crippen LogP contribution in [0.2, 0.25) is 5.02 Å². The van der Waals surface area contributed by atoms with E-state index in [1.807, 2.05) is 0 Å². The molecule has 0 spiro atoms. The molecule has 4 heteroatoms. The van der Waals surface area contributed by atoms with E-state index in [-0.39, 0.29) is 17.7 Å². The Morgan fingerprint density at radius 1 is 1.39 bits per heavy atom. The van der Waals surface area contributed by atoms with Crippen molar-refractivity contribution >= 4 is 17.6 Å². The Morgan fingerprint density at radius 3 is 2.78 bits per heavy atom. The molecule has 1 aliphatic rings. The van der Waals surface area contributed by atoms with Gasteiger partial charge in [-0.25, -0.2) is 4.39 Å². The zero-order valence-electron chi connectivity index (χ0n) is 10.0. The third-order valence-electron chi connectivity index (χ3n) is 3.72. The molecule has 2 nitrogen and oxygen atoms in total. The van der Waals surface area contributed by atoms with Gasteiger partial charge in [0.1, 0.15) is 5.82 Å². The number of carboxylic acid groups (broad SMARTS) is 1. The fourth-order valence-electron chi connectivity index (χ4n) is 2.75. The van der Waals surface area contributed by atoms with Gasteiger partial charge in [0.2, 0.25) is 0 Å². The normalized spacial score (nSPS) is 23.9. The third kappa shape index (κ3) is 3.02. The molecule has 1 aliphatic carbocycles. The lowest BCUT2D eigenvalue weighted by molar-refractivity contribution is -0.144. The summed E-state index contributed by atoms with van der Waals surface area (Å²) in [4.78, 5) is 11.2. The Balaban J connectivity index is 2.13. The largest absolute Gasteiger partial charge is 0.481 e. The van der Waals surface area contributed by atoms with E-state index in [4.69, 9.17) is 11.6 Å². The average molecular weight is 271 g/mol. The van der Waals surface area contributed by atoms with Gasteiger partial charge in [0.25, 0.3) is 0 Å². The highest BCUT2D eigenvalue weighted by molar-refractivity contribution is 6.31. The lowest BCUT2D eigenvalue weighted by Crippen LogP contribution is -2.28. The number of carboxylic acids is 1. The van der Waals surface area contributed by atoms with Gasteiger partial charge < -0.3 is 5.11 Å². The molecule has 0 aromatic heterocycles. The topological polar surface area (TPSA) is 37.3 Å². The first kappa shape index (κ1) is 13.3. The maximum atomic E-state index is 13.0. The highest BCUT2D eigenvalue weighted by Crippen LogP contribution is 2.34. The average Bonchev–Trinajstić information content (AvgIpc) is 2.33. The molecule has 0 bridgehead atoms. The van der Waals surface area contributed by atoms with Gasteiger partial charge in [0, 0.05) is 5.02 Å². The van der Waals surface area contributed by atoms with E-state index in [0.29, 0.717) is 11.4 Å². The molecule has 0 aliphatic heterocycles. The minimum absolute atomic E-state index is 0.110. The van der Waals surface area contributed by atoms with Crippen molar-refractivity contribution in [3.05, 3.63) is 34.6 Å². The molecular formula is C14H16ClFO2. The van der Waals surface area contributed by atoms with E-state index >= 15 is 0 Å². The molecule has 0 radical (unpaired) electrons. The first-order valence-corrected chi connectivity index (χ1v) is 6.62. The minimum atomic E-state index is -0.724. The summed E-state index contributed by atoms with van der Waals surface area (Å²) in [6.07, 6.45) is 4.30. The Labute approximate surface area is 111 Å². The number of hydrogen-bond donors (Lipinski definition) is 1. The molecule has 1 N–H and O–H groups in total. The van der Waals surface area contributed by atoms with Gasteiger partial charge in [-0.05, 0) is 42.9 Å². The van der Waals surface area contributed by atoms with Crippen LogP contribution >= 0.6 is 11.6 Å².